The summed E-state index contributed by atoms with van der Waals surface area (Å²) < 4.78 is 10.6. The van der Waals surface area contributed by atoms with E-state index in [2.05, 4.69) is 0 Å². The van der Waals surface area contributed by atoms with E-state index >= 15 is 0 Å². The topological polar surface area (TPSA) is 55.8 Å². The zero-order valence-corrected chi connectivity index (χ0v) is 14.2. The van der Waals surface area contributed by atoms with Crippen LogP contribution in [0.25, 0.3) is 0 Å². The van der Waals surface area contributed by atoms with Crippen molar-refractivity contribution in [3.63, 3.8) is 0 Å². The van der Waals surface area contributed by atoms with Gasteiger partial charge in [0.2, 0.25) is 0 Å². The number of esters is 1. The second-order valence-corrected chi connectivity index (χ2v) is 6.76. The third-order valence-electron chi connectivity index (χ3n) is 3.79. The SMILES string of the molecule is CCOC(=O)[C@@H]1CN(C(=O)OC(C)(C)C)C[C@H]1c1ccccc1. The van der Waals surface area contributed by atoms with E-state index in [0.29, 0.717) is 19.7 Å². The summed E-state index contributed by atoms with van der Waals surface area (Å²) in [4.78, 5) is 26.2. The molecule has 1 heterocycles. The van der Waals surface area contributed by atoms with Crippen molar-refractivity contribution < 1.29 is 19.1 Å². The maximum atomic E-state index is 12.3. The average molecular weight is 319 g/mol. The van der Waals surface area contributed by atoms with Gasteiger partial charge in [-0.3, -0.25) is 4.79 Å². The minimum atomic E-state index is -0.554. The molecule has 0 spiro atoms. The number of carbonyl (C=O) groups excluding carboxylic acids is 2. The highest BCUT2D eigenvalue weighted by Gasteiger charge is 2.42. The summed E-state index contributed by atoms with van der Waals surface area (Å²) in [6.45, 7) is 8.41. The summed E-state index contributed by atoms with van der Waals surface area (Å²) in [6, 6.07) is 9.77. The number of ether oxygens (including phenoxy) is 2. The Kier molecular flexibility index (Phi) is 5.29. The van der Waals surface area contributed by atoms with Crippen molar-refractivity contribution in [2.75, 3.05) is 19.7 Å². The Morgan fingerprint density at radius 3 is 2.39 bits per heavy atom. The van der Waals surface area contributed by atoms with E-state index in [9.17, 15) is 9.59 Å². The third kappa shape index (κ3) is 4.47. The molecule has 5 heteroatoms. The summed E-state index contributed by atoms with van der Waals surface area (Å²) in [5.74, 6) is -0.681. The van der Waals surface area contributed by atoms with E-state index in [-0.39, 0.29) is 23.9 Å². The normalized spacial score (nSPS) is 21.1. The number of hydrogen-bond acceptors (Lipinski definition) is 4. The number of hydrogen-bond donors (Lipinski definition) is 0. The number of likely N-dealkylation sites (tertiary alicyclic amines) is 1. The van der Waals surface area contributed by atoms with Crippen LogP contribution >= 0.6 is 0 Å². The van der Waals surface area contributed by atoms with Gasteiger partial charge in [-0.1, -0.05) is 30.3 Å². The quantitative estimate of drug-likeness (QED) is 0.803. The van der Waals surface area contributed by atoms with Gasteiger partial charge < -0.3 is 14.4 Å². The monoisotopic (exact) mass is 319 g/mol. The van der Waals surface area contributed by atoms with Crippen molar-refractivity contribution in [3.8, 4) is 0 Å². The van der Waals surface area contributed by atoms with Gasteiger partial charge in [-0.15, -0.1) is 0 Å². The third-order valence-corrected chi connectivity index (χ3v) is 3.79. The van der Waals surface area contributed by atoms with E-state index in [1.165, 1.54) is 0 Å². The van der Waals surface area contributed by atoms with Crippen LogP contribution in [0.1, 0.15) is 39.2 Å². The minimum absolute atomic E-state index is 0.0669. The average Bonchev–Trinajstić information content (AvgIpc) is 2.92. The predicted octanol–water partition coefficient (Wildman–Crippen LogP) is 3.20. The van der Waals surface area contributed by atoms with Crippen LogP contribution in [0.5, 0.6) is 0 Å². The van der Waals surface area contributed by atoms with Crippen molar-refractivity contribution in [2.24, 2.45) is 5.92 Å². The molecule has 0 aromatic heterocycles. The Balaban J connectivity index is 2.18. The van der Waals surface area contributed by atoms with Gasteiger partial charge in [0.1, 0.15) is 5.60 Å². The summed E-state index contributed by atoms with van der Waals surface area (Å²) in [5.41, 5.74) is 0.484. The van der Waals surface area contributed by atoms with Gasteiger partial charge >= 0.3 is 12.1 Å². The number of nitrogens with zero attached hydrogens (tertiary/aromatic N) is 1. The molecule has 1 fully saturated rings. The van der Waals surface area contributed by atoms with E-state index in [4.69, 9.17) is 9.47 Å². The first-order valence-corrected chi connectivity index (χ1v) is 8.01. The van der Waals surface area contributed by atoms with Crippen molar-refractivity contribution in [2.45, 2.75) is 39.2 Å². The Morgan fingerprint density at radius 1 is 1.17 bits per heavy atom. The van der Waals surface area contributed by atoms with Crippen LogP contribution in [0.4, 0.5) is 4.79 Å². The van der Waals surface area contributed by atoms with Crippen LogP contribution in [-0.2, 0) is 14.3 Å². The van der Waals surface area contributed by atoms with E-state index < -0.39 is 5.60 Å². The first kappa shape index (κ1) is 17.3. The van der Waals surface area contributed by atoms with Gasteiger partial charge in [-0.05, 0) is 33.3 Å². The summed E-state index contributed by atoms with van der Waals surface area (Å²) >= 11 is 0. The van der Waals surface area contributed by atoms with Gasteiger partial charge in [0.25, 0.3) is 0 Å². The zero-order valence-electron chi connectivity index (χ0n) is 14.2. The number of benzene rings is 1. The zero-order chi connectivity index (χ0) is 17.0. The molecule has 1 aliphatic rings. The number of rotatable bonds is 3. The van der Waals surface area contributed by atoms with E-state index in [1.54, 1.807) is 11.8 Å². The molecule has 1 aromatic carbocycles. The molecule has 1 amide bonds. The minimum Gasteiger partial charge on any atom is -0.466 e. The molecule has 0 radical (unpaired) electrons. The Hall–Kier alpha value is -2.04. The number of amides is 1. The fourth-order valence-electron chi connectivity index (χ4n) is 2.81. The fraction of sp³-hybridized carbons (Fsp3) is 0.556. The molecule has 23 heavy (non-hydrogen) atoms. The smallest absolute Gasteiger partial charge is 0.410 e. The van der Waals surface area contributed by atoms with Crippen molar-refractivity contribution in [1.29, 1.82) is 0 Å². The lowest BCUT2D eigenvalue weighted by molar-refractivity contribution is -0.147. The number of carbonyl (C=O) groups is 2. The Labute approximate surface area is 137 Å². The maximum absolute atomic E-state index is 12.3. The molecule has 0 aliphatic carbocycles. The first-order chi connectivity index (χ1) is 10.8. The van der Waals surface area contributed by atoms with Crippen LogP contribution in [-0.4, -0.2) is 42.3 Å². The largest absolute Gasteiger partial charge is 0.466 e. The van der Waals surface area contributed by atoms with Crippen LogP contribution in [0.3, 0.4) is 0 Å². The van der Waals surface area contributed by atoms with E-state index in [0.717, 1.165) is 5.56 Å². The summed E-state index contributed by atoms with van der Waals surface area (Å²) in [5, 5.41) is 0. The second kappa shape index (κ2) is 7.02. The van der Waals surface area contributed by atoms with Gasteiger partial charge in [-0.25, -0.2) is 4.79 Å². The first-order valence-electron chi connectivity index (χ1n) is 8.01. The summed E-state index contributed by atoms with van der Waals surface area (Å²) in [7, 11) is 0. The lowest BCUT2D eigenvalue weighted by Gasteiger charge is -2.24. The molecule has 5 nitrogen and oxygen atoms in total. The predicted molar refractivity (Wildman–Crippen MR) is 87.1 cm³/mol. The highest BCUT2D eigenvalue weighted by Crippen LogP contribution is 2.34. The van der Waals surface area contributed by atoms with Crippen molar-refractivity contribution in [1.82, 2.24) is 4.90 Å². The lowest BCUT2D eigenvalue weighted by Crippen LogP contribution is -2.36. The lowest BCUT2D eigenvalue weighted by atomic mass is 9.89. The van der Waals surface area contributed by atoms with Crippen LogP contribution in [0, 0.1) is 5.92 Å². The second-order valence-electron chi connectivity index (χ2n) is 6.76. The van der Waals surface area contributed by atoms with Gasteiger partial charge in [0.15, 0.2) is 0 Å². The van der Waals surface area contributed by atoms with Gasteiger partial charge in [-0.2, -0.15) is 0 Å². The maximum Gasteiger partial charge on any atom is 0.410 e. The van der Waals surface area contributed by atoms with Gasteiger partial charge in [0.05, 0.1) is 12.5 Å². The van der Waals surface area contributed by atoms with Crippen LogP contribution in [0.2, 0.25) is 0 Å². The highest BCUT2D eigenvalue weighted by atomic mass is 16.6. The molecule has 1 aromatic rings. The molecular weight excluding hydrogens is 294 g/mol. The van der Waals surface area contributed by atoms with Gasteiger partial charge in [0, 0.05) is 19.0 Å². The van der Waals surface area contributed by atoms with Crippen molar-refractivity contribution >= 4 is 12.1 Å². The van der Waals surface area contributed by atoms with Crippen LogP contribution < -0.4 is 0 Å². The van der Waals surface area contributed by atoms with E-state index in [1.807, 2.05) is 51.1 Å². The molecule has 2 rings (SSSR count). The molecule has 126 valence electrons. The molecule has 1 saturated heterocycles. The molecule has 0 N–H and O–H groups in total. The Morgan fingerprint density at radius 2 is 1.83 bits per heavy atom. The standard InChI is InChI=1S/C18H25NO4/c1-5-22-16(20)15-12-19(17(21)23-18(2,3)4)11-14(15)13-9-7-6-8-10-13/h6-10,14-15H,5,11-12H2,1-4H3/t14-,15+/m0/s1. The molecule has 2 atom stereocenters. The molecule has 1 aliphatic heterocycles. The molecule has 0 unspecified atom stereocenters. The Bertz CT molecular complexity index is 550. The highest BCUT2D eigenvalue weighted by molar-refractivity contribution is 5.77. The van der Waals surface area contributed by atoms with Crippen LogP contribution in [0.15, 0.2) is 30.3 Å². The van der Waals surface area contributed by atoms with Crippen molar-refractivity contribution in [3.05, 3.63) is 35.9 Å². The molecular formula is C18H25NO4. The summed E-state index contributed by atoms with van der Waals surface area (Å²) in [6.07, 6.45) is -0.384. The molecule has 0 bridgehead atoms. The molecule has 0 saturated carbocycles. The fourth-order valence-corrected chi connectivity index (χ4v) is 2.81.